The van der Waals surface area contributed by atoms with Gasteiger partial charge in [-0.05, 0) is 0 Å². The van der Waals surface area contributed by atoms with Crippen molar-refractivity contribution in [2.45, 2.75) is 6.92 Å². The zero-order chi connectivity index (χ0) is 7.40. The van der Waals surface area contributed by atoms with E-state index < -0.39 is 0 Å². The molecule has 0 aliphatic heterocycles. The topological polar surface area (TPSA) is 0 Å². The van der Waals surface area contributed by atoms with Gasteiger partial charge in [0.05, 0.1) is 0 Å². The molecule has 1 heteroatoms. The second-order valence-corrected chi connectivity index (χ2v) is 2.52. The molecule has 0 aromatic heterocycles. The molecule has 49 valence electrons. The molecule has 1 aromatic carbocycles. The zero-order valence-electron chi connectivity index (χ0n) is 5.72. The summed E-state index contributed by atoms with van der Waals surface area (Å²) in [6, 6.07) is 8.14. The molecular weight excluding hydrogens is 187 g/mol. The number of aryl methyl sites for hydroxylation is 1. The molecule has 0 heterocycles. The quantitative estimate of drug-likeness (QED) is 0.433. The molecule has 0 atom stereocenters. The van der Waals surface area contributed by atoms with Crippen molar-refractivity contribution >= 4 is 16.0 Å². The summed E-state index contributed by atoms with van der Waals surface area (Å²) in [6.07, 6.45) is 0. The van der Waals surface area contributed by atoms with Crippen LogP contribution in [-0.2, 0) is 0 Å². The van der Waals surface area contributed by atoms with Crippen LogP contribution in [0.4, 0.5) is 0 Å². The molecule has 0 spiro atoms. The van der Waals surface area contributed by atoms with Crippen molar-refractivity contribution in [1.29, 1.82) is 0 Å². The summed E-state index contributed by atoms with van der Waals surface area (Å²) < 4.78 is 0. The molecule has 0 amide bonds. The molecule has 0 aliphatic rings. The minimum atomic E-state index is 1.06. The predicted molar refractivity (Wildman–Crippen MR) is 43.8 cm³/mol. The van der Waals surface area contributed by atoms with E-state index in [1.807, 2.05) is 12.1 Å². The molecule has 0 unspecified atom stereocenters. The van der Waals surface area contributed by atoms with Gasteiger partial charge in [-0.1, -0.05) is 0 Å². The van der Waals surface area contributed by atoms with E-state index in [4.69, 9.17) is 0 Å². The maximum absolute atomic E-state index is 2.93. The van der Waals surface area contributed by atoms with Crippen LogP contribution in [0.25, 0.3) is 0 Å². The van der Waals surface area contributed by atoms with Gasteiger partial charge >= 0.3 is 69.1 Å². The van der Waals surface area contributed by atoms with E-state index in [2.05, 4.69) is 45.8 Å². The summed E-state index contributed by atoms with van der Waals surface area (Å²) in [5.74, 6) is 2.93. The van der Waals surface area contributed by atoms with E-state index in [9.17, 15) is 0 Å². The van der Waals surface area contributed by atoms with E-state index >= 15 is 0 Å². The standard InChI is InChI=1S/C9H7Se/c1-8-2-4-9(5-3-8)6-7-10/h2-5H,1H3. The van der Waals surface area contributed by atoms with Crippen LogP contribution in [0.1, 0.15) is 11.1 Å². The van der Waals surface area contributed by atoms with Crippen LogP contribution in [0.15, 0.2) is 24.3 Å². The molecule has 0 saturated carbocycles. The van der Waals surface area contributed by atoms with E-state index in [0.717, 1.165) is 5.56 Å². The van der Waals surface area contributed by atoms with Crippen molar-refractivity contribution in [2.75, 3.05) is 0 Å². The number of hydrogen-bond donors (Lipinski definition) is 0. The van der Waals surface area contributed by atoms with Gasteiger partial charge in [0.25, 0.3) is 0 Å². The Bertz CT molecular complexity index is 261. The van der Waals surface area contributed by atoms with E-state index in [0.29, 0.717) is 0 Å². The van der Waals surface area contributed by atoms with Gasteiger partial charge in [-0.25, -0.2) is 0 Å². The average molecular weight is 194 g/mol. The second-order valence-electron chi connectivity index (χ2n) is 2.09. The fourth-order valence-corrected chi connectivity index (χ4v) is 0.943. The van der Waals surface area contributed by atoms with Crippen LogP contribution in [0.3, 0.4) is 0 Å². The Morgan fingerprint density at radius 3 is 2.30 bits per heavy atom. The van der Waals surface area contributed by atoms with Crippen LogP contribution in [0.2, 0.25) is 0 Å². The normalized spacial score (nSPS) is 8.10. The first-order chi connectivity index (χ1) is 4.83. The summed E-state index contributed by atoms with van der Waals surface area (Å²) in [5, 5.41) is 0. The molecule has 10 heavy (non-hydrogen) atoms. The van der Waals surface area contributed by atoms with E-state index in [1.54, 1.807) is 0 Å². The van der Waals surface area contributed by atoms with Gasteiger partial charge in [-0.2, -0.15) is 0 Å². The zero-order valence-corrected chi connectivity index (χ0v) is 7.43. The first-order valence-electron chi connectivity index (χ1n) is 3.03. The van der Waals surface area contributed by atoms with E-state index in [1.165, 1.54) is 5.56 Å². The minimum absolute atomic E-state index is 1.06. The molecule has 1 aromatic rings. The van der Waals surface area contributed by atoms with Gasteiger partial charge < -0.3 is 0 Å². The number of benzene rings is 1. The van der Waals surface area contributed by atoms with Crippen molar-refractivity contribution in [3.63, 3.8) is 0 Å². The van der Waals surface area contributed by atoms with Crippen molar-refractivity contribution in [2.24, 2.45) is 0 Å². The summed E-state index contributed by atoms with van der Waals surface area (Å²) in [6.45, 7) is 2.06. The van der Waals surface area contributed by atoms with Crippen LogP contribution in [0.5, 0.6) is 0 Å². The van der Waals surface area contributed by atoms with Gasteiger partial charge in [0.15, 0.2) is 0 Å². The molecule has 0 saturated heterocycles. The second kappa shape index (κ2) is 3.46. The Morgan fingerprint density at radius 1 is 1.20 bits per heavy atom. The van der Waals surface area contributed by atoms with Crippen LogP contribution < -0.4 is 0 Å². The third-order valence-electron chi connectivity index (χ3n) is 1.25. The summed E-state index contributed by atoms with van der Waals surface area (Å²) in [7, 11) is 0. The number of rotatable bonds is 0. The SMILES string of the molecule is Cc1ccc(C#C[Se])cc1. The fraction of sp³-hybridized carbons (Fsp3) is 0.111. The first-order valence-corrected chi connectivity index (χ1v) is 3.88. The molecule has 0 fully saturated rings. The van der Waals surface area contributed by atoms with Crippen molar-refractivity contribution in [3.05, 3.63) is 35.4 Å². The van der Waals surface area contributed by atoms with Gasteiger partial charge in [-0.3, -0.25) is 0 Å². The molecule has 1 rings (SSSR count). The summed E-state index contributed by atoms with van der Waals surface area (Å²) in [5.41, 5.74) is 2.33. The Labute approximate surface area is 69.5 Å². The van der Waals surface area contributed by atoms with Crippen LogP contribution in [0, 0.1) is 17.7 Å². The van der Waals surface area contributed by atoms with Crippen molar-refractivity contribution in [1.82, 2.24) is 0 Å². The van der Waals surface area contributed by atoms with Crippen molar-refractivity contribution in [3.8, 4) is 10.7 Å². The fourth-order valence-electron chi connectivity index (χ4n) is 0.696. The number of hydrogen-bond acceptors (Lipinski definition) is 0. The molecule has 1 radical (unpaired) electrons. The van der Waals surface area contributed by atoms with Gasteiger partial charge in [0.2, 0.25) is 0 Å². The average Bonchev–Trinajstić information content (AvgIpc) is 1.95. The third-order valence-corrected chi connectivity index (χ3v) is 1.46. The Balaban J connectivity index is 2.97. The molecule has 0 N–H and O–H groups in total. The first kappa shape index (κ1) is 7.41. The summed E-state index contributed by atoms with van der Waals surface area (Å²) >= 11 is 2.64. The Morgan fingerprint density at radius 2 is 1.80 bits per heavy atom. The van der Waals surface area contributed by atoms with Gasteiger partial charge in [0, 0.05) is 0 Å². The Kier molecular flexibility index (Phi) is 2.57. The van der Waals surface area contributed by atoms with Gasteiger partial charge in [0.1, 0.15) is 0 Å². The van der Waals surface area contributed by atoms with Crippen LogP contribution >= 0.6 is 0 Å². The molecule has 0 nitrogen and oxygen atoms in total. The maximum atomic E-state index is 2.93. The Hall–Kier alpha value is -0.701. The third kappa shape index (κ3) is 1.91. The van der Waals surface area contributed by atoms with Gasteiger partial charge in [-0.15, -0.1) is 0 Å². The summed E-state index contributed by atoms with van der Waals surface area (Å²) in [4.78, 5) is 2.73. The molecule has 0 aliphatic carbocycles. The monoisotopic (exact) mass is 195 g/mol. The molecule has 0 bridgehead atoms. The van der Waals surface area contributed by atoms with Crippen molar-refractivity contribution < 1.29 is 0 Å². The predicted octanol–water partition coefficient (Wildman–Crippen LogP) is 1.47. The molecular formula is C9H7Se. The van der Waals surface area contributed by atoms with Crippen LogP contribution in [-0.4, -0.2) is 16.0 Å². The van der Waals surface area contributed by atoms with E-state index in [-0.39, 0.29) is 0 Å².